The molecule has 0 aliphatic carbocycles. The predicted molar refractivity (Wildman–Crippen MR) is 108 cm³/mol. The van der Waals surface area contributed by atoms with Gasteiger partial charge in [-0.15, -0.1) is 0 Å². The second-order valence-corrected chi connectivity index (χ2v) is 7.60. The highest BCUT2D eigenvalue weighted by Crippen LogP contribution is 2.33. The Bertz CT molecular complexity index is 776. The van der Waals surface area contributed by atoms with Crippen LogP contribution in [-0.4, -0.2) is 30.5 Å². The van der Waals surface area contributed by atoms with Crippen LogP contribution in [0.3, 0.4) is 0 Å². The van der Waals surface area contributed by atoms with Crippen molar-refractivity contribution < 1.29 is 28.1 Å². The quantitative estimate of drug-likeness (QED) is 0.470. The van der Waals surface area contributed by atoms with Gasteiger partial charge in [0.25, 0.3) is 0 Å². The molecule has 28 heavy (non-hydrogen) atoms. The number of benzene rings is 2. The molecule has 156 valence electrons. The van der Waals surface area contributed by atoms with Gasteiger partial charge in [0.05, 0.1) is 38.0 Å². The molecular weight excluding hydrogens is 509 g/mol. The van der Waals surface area contributed by atoms with Crippen LogP contribution in [0.2, 0.25) is 0 Å². The zero-order valence-corrected chi connectivity index (χ0v) is 18.1. The minimum atomic E-state index is -4.41. The summed E-state index contributed by atoms with van der Waals surface area (Å²) in [4.78, 5) is 0. The van der Waals surface area contributed by atoms with Gasteiger partial charge < -0.3 is 26.4 Å². The van der Waals surface area contributed by atoms with Crippen LogP contribution < -0.4 is 16.2 Å². The smallest absolute Gasteiger partial charge is 0.416 e. The molecule has 6 N–H and O–H groups in total. The minimum Gasteiger partial charge on any atom is -0.497 e. The lowest BCUT2D eigenvalue weighted by Crippen LogP contribution is -2.16. The Morgan fingerprint density at radius 2 is 1.36 bits per heavy atom. The van der Waals surface area contributed by atoms with Gasteiger partial charge in [-0.1, -0.05) is 31.9 Å². The van der Waals surface area contributed by atoms with Crippen molar-refractivity contribution in [3.8, 4) is 5.75 Å². The molecule has 2 rings (SSSR count). The summed E-state index contributed by atoms with van der Waals surface area (Å²) < 4.78 is 43.4. The normalized spacial score (nSPS) is 13.4. The number of hydrogen-bond acceptors (Lipinski definition) is 5. The van der Waals surface area contributed by atoms with Gasteiger partial charge in [0.1, 0.15) is 5.75 Å². The first-order valence-electron chi connectivity index (χ1n) is 7.96. The van der Waals surface area contributed by atoms with E-state index in [1.807, 2.05) is 18.2 Å². The second kappa shape index (κ2) is 11.1. The van der Waals surface area contributed by atoms with Crippen molar-refractivity contribution in [1.82, 2.24) is 0 Å². The van der Waals surface area contributed by atoms with Crippen molar-refractivity contribution in [2.75, 3.05) is 20.3 Å². The molecule has 2 aromatic carbocycles. The first-order valence-corrected chi connectivity index (χ1v) is 9.55. The van der Waals surface area contributed by atoms with Crippen LogP contribution in [-0.2, 0) is 6.18 Å². The van der Waals surface area contributed by atoms with E-state index < -0.39 is 24.4 Å². The molecule has 0 radical (unpaired) electrons. The molecular formula is C18H21Br2F3N2O3. The van der Waals surface area contributed by atoms with Gasteiger partial charge in [0, 0.05) is 8.95 Å². The monoisotopic (exact) mass is 528 g/mol. The largest absolute Gasteiger partial charge is 0.497 e. The van der Waals surface area contributed by atoms with Gasteiger partial charge in [-0.2, -0.15) is 13.2 Å². The zero-order valence-electron chi connectivity index (χ0n) is 14.9. The van der Waals surface area contributed by atoms with Gasteiger partial charge in [0.2, 0.25) is 0 Å². The lowest BCUT2D eigenvalue weighted by molar-refractivity contribution is -0.137. The highest BCUT2D eigenvalue weighted by atomic mass is 79.9. The van der Waals surface area contributed by atoms with Gasteiger partial charge >= 0.3 is 6.18 Å². The number of aliphatic hydroxyl groups excluding tert-OH is 2. The lowest BCUT2D eigenvalue weighted by Gasteiger charge is -2.13. The van der Waals surface area contributed by atoms with Gasteiger partial charge in [-0.25, -0.2) is 0 Å². The molecule has 0 fully saturated rings. The molecule has 2 unspecified atom stereocenters. The molecule has 5 nitrogen and oxygen atoms in total. The van der Waals surface area contributed by atoms with E-state index in [9.17, 15) is 13.2 Å². The van der Waals surface area contributed by atoms with E-state index in [4.69, 9.17) is 26.4 Å². The Kier molecular flexibility index (Phi) is 9.88. The van der Waals surface area contributed by atoms with Crippen LogP contribution >= 0.6 is 31.9 Å². The Balaban J connectivity index is 0.000000283. The van der Waals surface area contributed by atoms with E-state index in [2.05, 4.69) is 31.9 Å². The highest BCUT2D eigenvalue weighted by molar-refractivity contribution is 9.10. The molecule has 0 amide bonds. The molecule has 2 atom stereocenters. The summed E-state index contributed by atoms with van der Waals surface area (Å²) in [5.41, 5.74) is 11.4. The molecule has 2 aromatic rings. The molecule has 0 saturated carbocycles. The number of hydrogen-bond donors (Lipinski definition) is 4. The predicted octanol–water partition coefficient (Wildman–Crippen LogP) is 3.91. The van der Waals surface area contributed by atoms with E-state index in [0.717, 1.165) is 27.9 Å². The summed E-state index contributed by atoms with van der Waals surface area (Å²) >= 11 is 6.30. The molecule has 0 bridgehead atoms. The first kappa shape index (κ1) is 24.9. The number of halogens is 5. The Labute approximate surface area is 177 Å². The fraction of sp³-hybridized carbons (Fsp3) is 0.333. The highest BCUT2D eigenvalue weighted by Gasteiger charge is 2.31. The van der Waals surface area contributed by atoms with Crippen LogP contribution in [0, 0.1) is 0 Å². The molecule has 0 aliphatic rings. The van der Waals surface area contributed by atoms with Crippen molar-refractivity contribution in [2.45, 2.75) is 18.3 Å². The van der Waals surface area contributed by atoms with Crippen LogP contribution in [0.25, 0.3) is 0 Å². The third-order valence-electron chi connectivity index (χ3n) is 3.63. The number of nitrogens with two attached hydrogens (primary N) is 2. The third kappa shape index (κ3) is 7.69. The maximum Gasteiger partial charge on any atom is 0.416 e. The van der Waals surface area contributed by atoms with Crippen LogP contribution in [0.15, 0.2) is 45.3 Å². The molecule has 0 heterocycles. The van der Waals surface area contributed by atoms with E-state index in [-0.39, 0.29) is 22.7 Å². The summed E-state index contributed by atoms with van der Waals surface area (Å²) in [5.74, 6) is 0.730. The molecule has 0 aliphatic heterocycles. The van der Waals surface area contributed by atoms with Crippen molar-refractivity contribution in [3.05, 3.63) is 62.0 Å². The lowest BCUT2D eigenvalue weighted by atomic mass is 10.1. The van der Waals surface area contributed by atoms with Crippen molar-refractivity contribution >= 4 is 31.9 Å². The van der Waals surface area contributed by atoms with Crippen molar-refractivity contribution in [3.63, 3.8) is 0 Å². The molecule has 0 saturated heterocycles. The average molecular weight is 530 g/mol. The zero-order chi connectivity index (χ0) is 21.5. The van der Waals surface area contributed by atoms with E-state index >= 15 is 0 Å². The number of aliphatic hydroxyl groups is 2. The van der Waals surface area contributed by atoms with Crippen LogP contribution in [0.5, 0.6) is 5.75 Å². The van der Waals surface area contributed by atoms with E-state index in [1.165, 1.54) is 6.07 Å². The van der Waals surface area contributed by atoms with Crippen LogP contribution in [0.1, 0.15) is 28.8 Å². The molecule has 0 aromatic heterocycles. The summed E-state index contributed by atoms with van der Waals surface area (Å²) in [5, 5.41) is 17.6. The fourth-order valence-corrected chi connectivity index (χ4v) is 3.12. The van der Waals surface area contributed by atoms with Gasteiger partial charge in [0.15, 0.2) is 0 Å². The maximum absolute atomic E-state index is 12.4. The number of rotatable bonds is 5. The van der Waals surface area contributed by atoms with E-state index in [0.29, 0.717) is 0 Å². The minimum absolute atomic E-state index is 0.0698. The Hall–Kier alpha value is -1.17. The van der Waals surface area contributed by atoms with Gasteiger partial charge in [-0.05, 0) is 47.5 Å². The van der Waals surface area contributed by atoms with Crippen molar-refractivity contribution in [1.29, 1.82) is 0 Å². The van der Waals surface area contributed by atoms with Crippen molar-refractivity contribution in [2.24, 2.45) is 11.5 Å². The SMILES string of the molecule is COc1cc(Br)cc(C(N)CO)c1.NC(CO)c1cc(Br)cc(C(F)(F)F)c1. The summed E-state index contributed by atoms with van der Waals surface area (Å²) in [7, 11) is 1.59. The molecule has 10 heteroatoms. The second-order valence-electron chi connectivity index (χ2n) is 5.77. The van der Waals surface area contributed by atoms with E-state index in [1.54, 1.807) is 7.11 Å². The summed E-state index contributed by atoms with van der Waals surface area (Å²) in [6.07, 6.45) is -4.41. The Morgan fingerprint density at radius 1 is 0.893 bits per heavy atom. The number of ether oxygens (including phenoxy) is 1. The molecule has 0 spiro atoms. The topological polar surface area (TPSA) is 102 Å². The summed E-state index contributed by atoms with van der Waals surface area (Å²) in [6, 6.07) is 7.72. The standard InChI is InChI=1S/C9H9BrF3NO.C9H12BrNO2/c10-7-2-5(8(14)4-15)1-6(3-7)9(11,12)13;1-13-8-3-6(9(11)5-12)2-7(10)4-8/h1-3,8,15H,4,14H2;2-4,9,12H,5,11H2,1H3. The number of alkyl halides is 3. The average Bonchev–Trinajstić information content (AvgIpc) is 2.65. The maximum atomic E-state index is 12.4. The van der Waals surface area contributed by atoms with Crippen LogP contribution in [0.4, 0.5) is 13.2 Å². The van der Waals surface area contributed by atoms with Gasteiger partial charge in [-0.3, -0.25) is 0 Å². The fourth-order valence-electron chi connectivity index (χ4n) is 2.12. The first-order chi connectivity index (χ1) is 13.0. The summed E-state index contributed by atoms with van der Waals surface area (Å²) in [6.45, 7) is -0.465. The Morgan fingerprint density at radius 3 is 1.79 bits per heavy atom. The number of methoxy groups -OCH3 is 1. The third-order valence-corrected chi connectivity index (χ3v) is 4.54.